The molecule has 0 saturated heterocycles. The lowest BCUT2D eigenvalue weighted by Gasteiger charge is -2.08. The van der Waals surface area contributed by atoms with Crippen LogP contribution in [0.3, 0.4) is 0 Å². The van der Waals surface area contributed by atoms with Crippen molar-refractivity contribution in [2.24, 2.45) is 5.73 Å². The molecule has 1 aromatic heterocycles. The third-order valence-electron chi connectivity index (χ3n) is 2.61. The quantitative estimate of drug-likeness (QED) is 0.736. The van der Waals surface area contributed by atoms with Crippen molar-refractivity contribution in [2.75, 3.05) is 0 Å². The molecule has 1 saturated carbocycles. The van der Waals surface area contributed by atoms with Gasteiger partial charge in [0.25, 0.3) is 0 Å². The highest BCUT2D eigenvalue weighted by Crippen LogP contribution is 2.34. The summed E-state index contributed by atoms with van der Waals surface area (Å²) in [5.74, 6) is 1.84. The van der Waals surface area contributed by atoms with Gasteiger partial charge in [-0.25, -0.2) is 0 Å². The molecule has 1 aromatic rings. The van der Waals surface area contributed by atoms with Crippen LogP contribution in [0.1, 0.15) is 31.3 Å². The molecule has 3 N–H and O–H groups in total. The maximum Gasteiger partial charge on any atom is 0.118 e. The predicted octanol–water partition coefficient (Wildman–Crippen LogP) is 1.38. The van der Waals surface area contributed by atoms with E-state index in [9.17, 15) is 0 Å². The molecule has 0 aliphatic heterocycles. The van der Waals surface area contributed by atoms with E-state index >= 15 is 0 Å². The molecular formula is C10H16N2O. The number of furan rings is 1. The first kappa shape index (κ1) is 8.78. The summed E-state index contributed by atoms with van der Waals surface area (Å²) in [5.41, 5.74) is 5.81. The Morgan fingerprint density at radius 3 is 2.69 bits per heavy atom. The Hall–Kier alpha value is -0.800. The van der Waals surface area contributed by atoms with Gasteiger partial charge in [-0.1, -0.05) is 0 Å². The van der Waals surface area contributed by atoms with E-state index < -0.39 is 0 Å². The molecule has 0 bridgehead atoms. The van der Waals surface area contributed by atoms with Crippen LogP contribution in [0.5, 0.6) is 0 Å². The Kier molecular flexibility index (Phi) is 2.14. The maximum atomic E-state index is 5.47. The SMILES string of the molecule is CC1(NCc2ccc(CN)o2)CC1. The highest BCUT2D eigenvalue weighted by Gasteiger charge is 2.36. The first-order valence-electron chi connectivity index (χ1n) is 4.74. The van der Waals surface area contributed by atoms with Gasteiger partial charge in [-0.3, -0.25) is 0 Å². The van der Waals surface area contributed by atoms with Crippen LogP contribution in [0.4, 0.5) is 0 Å². The molecule has 1 aliphatic carbocycles. The number of nitrogens with two attached hydrogens (primary N) is 1. The van der Waals surface area contributed by atoms with Crippen LogP contribution < -0.4 is 11.1 Å². The van der Waals surface area contributed by atoms with Crippen molar-refractivity contribution >= 4 is 0 Å². The van der Waals surface area contributed by atoms with Gasteiger partial charge < -0.3 is 15.5 Å². The third kappa shape index (κ3) is 2.11. The first-order valence-corrected chi connectivity index (χ1v) is 4.74. The van der Waals surface area contributed by atoms with Crippen LogP contribution >= 0.6 is 0 Å². The van der Waals surface area contributed by atoms with Crippen molar-refractivity contribution in [3.05, 3.63) is 23.7 Å². The van der Waals surface area contributed by atoms with Gasteiger partial charge in [0.05, 0.1) is 13.1 Å². The molecule has 1 heterocycles. The normalized spacial score (nSPS) is 18.9. The van der Waals surface area contributed by atoms with Gasteiger partial charge >= 0.3 is 0 Å². The Bertz CT molecular complexity index is 289. The average molecular weight is 180 g/mol. The minimum atomic E-state index is 0.371. The van der Waals surface area contributed by atoms with Crippen LogP contribution in [0.2, 0.25) is 0 Å². The van der Waals surface area contributed by atoms with E-state index in [1.165, 1.54) is 12.8 Å². The second kappa shape index (κ2) is 3.16. The first-order chi connectivity index (χ1) is 6.22. The fraction of sp³-hybridized carbons (Fsp3) is 0.600. The number of hydrogen-bond donors (Lipinski definition) is 2. The molecule has 0 spiro atoms. The zero-order valence-corrected chi connectivity index (χ0v) is 7.97. The summed E-state index contributed by atoms with van der Waals surface area (Å²) >= 11 is 0. The summed E-state index contributed by atoms with van der Waals surface area (Å²) in [7, 11) is 0. The molecule has 72 valence electrons. The minimum absolute atomic E-state index is 0.371. The van der Waals surface area contributed by atoms with Crippen molar-refractivity contribution in [3.8, 4) is 0 Å². The molecule has 0 radical (unpaired) electrons. The second-order valence-corrected chi connectivity index (χ2v) is 3.99. The third-order valence-corrected chi connectivity index (χ3v) is 2.61. The molecule has 3 nitrogen and oxygen atoms in total. The zero-order valence-electron chi connectivity index (χ0n) is 7.97. The summed E-state index contributed by atoms with van der Waals surface area (Å²) in [5, 5.41) is 3.45. The Morgan fingerprint density at radius 2 is 2.15 bits per heavy atom. The van der Waals surface area contributed by atoms with Crippen molar-refractivity contribution in [2.45, 2.75) is 38.4 Å². The molecule has 1 fully saturated rings. The highest BCUT2D eigenvalue weighted by molar-refractivity contribution is 5.08. The maximum absolute atomic E-state index is 5.47. The van der Waals surface area contributed by atoms with E-state index in [-0.39, 0.29) is 0 Å². The molecule has 0 amide bonds. The lowest BCUT2D eigenvalue weighted by molar-refractivity contribution is 0.425. The average Bonchev–Trinajstić information content (AvgIpc) is 2.69. The van der Waals surface area contributed by atoms with E-state index in [0.29, 0.717) is 12.1 Å². The van der Waals surface area contributed by atoms with Crippen LogP contribution in [0.15, 0.2) is 16.5 Å². The van der Waals surface area contributed by atoms with Crippen molar-refractivity contribution in [3.63, 3.8) is 0 Å². The molecule has 0 atom stereocenters. The van der Waals surface area contributed by atoms with Crippen LogP contribution in [-0.4, -0.2) is 5.54 Å². The second-order valence-electron chi connectivity index (χ2n) is 3.99. The van der Waals surface area contributed by atoms with Gasteiger partial charge in [-0.2, -0.15) is 0 Å². The monoisotopic (exact) mass is 180 g/mol. The smallest absolute Gasteiger partial charge is 0.118 e. The lowest BCUT2D eigenvalue weighted by Crippen LogP contribution is -2.26. The topological polar surface area (TPSA) is 51.2 Å². The van der Waals surface area contributed by atoms with Gasteiger partial charge in [0, 0.05) is 5.54 Å². The van der Waals surface area contributed by atoms with Crippen molar-refractivity contribution < 1.29 is 4.42 Å². The Balaban J connectivity index is 1.87. The van der Waals surface area contributed by atoms with Crippen molar-refractivity contribution in [1.29, 1.82) is 0 Å². The summed E-state index contributed by atoms with van der Waals surface area (Å²) in [6, 6.07) is 3.92. The molecule has 1 aliphatic rings. The zero-order chi connectivity index (χ0) is 9.31. The van der Waals surface area contributed by atoms with Gasteiger partial charge in [-0.15, -0.1) is 0 Å². The van der Waals surface area contributed by atoms with Gasteiger partial charge in [-0.05, 0) is 31.9 Å². The van der Waals surface area contributed by atoms with Gasteiger partial charge in [0.2, 0.25) is 0 Å². The number of rotatable bonds is 4. The summed E-state index contributed by atoms with van der Waals surface area (Å²) in [4.78, 5) is 0. The molecule has 0 aromatic carbocycles. The Labute approximate surface area is 78.3 Å². The standard InChI is InChI=1S/C10H16N2O/c1-10(4-5-10)12-7-9-3-2-8(6-11)13-9/h2-3,12H,4-7,11H2,1H3. The minimum Gasteiger partial charge on any atom is -0.463 e. The molecule has 13 heavy (non-hydrogen) atoms. The number of hydrogen-bond acceptors (Lipinski definition) is 3. The molecule has 0 unspecified atom stereocenters. The predicted molar refractivity (Wildman–Crippen MR) is 51.1 cm³/mol. The van der Waals surface area contributed by atoms with Gasteiger partial charge in [0.1, 0.15) is 11.5 Å². The van der Waals surface area contributed by atoms with E-state index in [2.05, 4.69) is 12.2 Å². The summed E-state index contributed by atoms with van der Waals surface area (Å²) in [6.45, 7) is 3.54. The van der Waals surface area contributed by atoms with Crippen LogP contribution in [-0.2, 0) is 13.1 Å². The number of nitrogens with one attached hydrogen (secondary N) is 1. The van der Waals surface area contributed by atoms with E-state index in [1.54, 1.807) is 0 Å². The largest absolute Gasteiger partial charge is 0.463 e. The summed E-state index contributed by atoms with van der Waals surface area (Å²) < 4.78 is 5.47. The summed E-state index contributed by atoms with van der Waals surface area (Å²) in [6.07, 6.45) is 2.55. The Morgan fingerprint density at radius 1 is 1.46 bits per heavy atom. The fourth-order valence-corrected chi connectivity index (χ4v) is 1.29. The molecular weight excluding hydrogens is 164 g/mol. The lowest BCUT2D eigenvalue weighted by atomic mass is 10.3. The fourth-order valence-electron chi connectivity index (χ4n) is 1.29. The van der Waals surface area contributed by atoms with Crippen molar-refractivity contribution in [1.82, 2.24) is 5.32 Å². The van der Waals surface area contributed by atoms with Crippen LogP contribution in [0, 0.1) is 0 Å². The van der Waals surface area contributed by atoms with Gasteiger partial charge in [0.15, 0.2) is 0 Å². The van der Waals surface area contributed by atoms with Crippen LogP contribution in [0.25, 0.3) is 0 Å². The molecule has 2 rings (SSSR count). The van der Waals surface area contributed by atoms with E-state index in [1.807, 2.05) is 12.1 Å². The molecule has 3 heteroatoms. The highest BCUT2D eigenvalue weighted by atomic mass is 16.3. The van der Waals surface area contributed by atoms with E-state index in [4.69, 9.17) is 10.2 Å². The van der Waals surface area contributed by atoms with E-state index in [0.717, 1.165) is 18.1 Å².